The van der Waals surface area contributed by atoms with Crippen molar-refractivity contribution in [2.75, 3.05) is 18.8 Å². The number of likely N-dealkylation sites (tertiary alicyclic amines) is 1. The Hall–Kier alpha value is -0.960. The van der Waals surface area contributed by atoms with Crippen LogP contribution in [0.5, 0.6) is 0 Å². The number of thioether (sulfide) groups is 1. The number of nitrogens with zero attached hydrogens (tertiary/aromatic N) is 1. The summed E-state index contributed by atoms with van der Waals surface area (Å²) in [5.74, 6) is 2.08. The van der Waals surface area contributed by atoms with Crippen LogP contribution in [0.3, 0.4) is 0 Å². The molecule has 1 atom stereocenters. The molecule has 0 saturated carbocycles. The maximum Gasteiger partial charge on any atom is 0.253 e. The Balaban J connectivity index is 1.79. The summed E-state index contributed by atoms with van der Waals surface area (Å²) in [6.45, 7) is 4.09. The van der Waals surface area contributed by atoms with Crippen LogP contribution in [0.2, 0.25) is 0 Å². The van der Waals surface area contributed by atoms with Gasteiger partial charge in [0.2, 0.25) is 0 Å². The highest BCUT2D eigenvalue weighted by atomic mass is 32.2. The molecule has 2 aliphatic rings. The Labute approximate surface area is 119 Å². The topological polar surface area (TPSA) is 20.3 Å². The first-order valence-electron chi connectivity index (χ1n) is 7.29. The number of carbonyl (C=O) groups is 1. The van der Waals surface area contributed by atoms with Crippen molar-refractivity contribution >= 4 is 17.7 Å². The van der Waals surface area contributed by atoms with Gasteiger partial charge in [0, 0.05) is 23.5 Å². The summed E-state index contributed by atoms with van der Waals surface area (Å²) < 4.78 is 0. The molecule has 19 heavy (non-hydrogen) atoms. The van der Waals surface area contributed by atoms with Crippen LogP contribution in [-0.4, -0.2) is 29.6 Å². The number of carbonyl (C=O) groups excluding carboxylic acids is 1. The van der Waals surface area contributed by atoms with E-state index in [0.717, 1.165) is 31.5 Å². The van der Waals surface area contributed by atoms with Crippen LogP contribution in [0.4, 0.5) is 0 Å². The molecule has 0 aromatic heterocycles. The lowest BCUT2D eigenvalue weighted by molar-refractivity contribution is 0.0683. The number of amides is 1. The standard InChI is InChI=1S/C16H21NOS/c1-12-4-2-8-17(11-12)16(18)14-6-7-15-13(10-14)5-3-9-19-15/h6-7,10,12H,2-5,8-9,11H2,1H3. The molecule has 2 heterocycles. The zero-order chi connectivity index (χ0) is 13.2. The number of aryl methyl sites for hydroxylation is 1. The molecule has 1 aromatic carbocycles. The van der Waals surface area contributed by atoms with Gasteiger partial charge in [-0.25, -0.2) is 0 Å². The SMILES string of the molecule is CC1CCCN(C(=O)c2ccc3c(c2)CCCS3)C1. The number of rotatable bonds is 1. The Morgan fingerprint density at radius 3 is 3.11 bits per heavy atom. The van der Waals surface area contributed by atoms with Gasteiger partial charge in [0.05, 0.1) is 0 Å². The van der Waals surface area contributed by atoms with Crippen LogP contribution in [0.1, 0.15) is 42.1 Å². The predicted octanol–water partition coefficient (Wildman–Crippen LogP) is 3.60. The van der Waals surface area contributed by atoms with Crippen LogP contribution in [0.15, 0.2) is 23.1 Å². The smallest absolute Gasteiger partial charge is 0.253 e. The van der Waals surface area contributed by atoms with E-state index >= 15 is 0 Å². The van der Waals surface area contributed by atoms with Crippen molar-refractivity contribution in [2.45, 2.75) is 37.5 Å². The highest BCUT2D eigenvalue weighted by Gasteiger charge is 2.22. The second-order valence-electron chi connectivity index (χ2n) is 5.77. The maximum absolute atomic E-state index is 12.6. The van der Waals surface area contributed by atoms with E-state index in [1.54, 1.807) is 0 Å². The lowest BCUT2D eigenvalue weighted by Crippen LogP contribution is -2.39. The summed E-state index contributed by atoms with van der Waals surface area (Å²) in [5.41, 5.74) is 2.25. The zero-order valence-electron chi connectivity index (χ0n) is 11.5. The van der Waals surface area contributed by atoms with Crippen molar-refractivity contribution in [2.24, 2.45) is 5.92 Å². The van der Waals surface area contributed by atoms with Crippen LogP contribution in [0, 0.1) is 5.92 Å². The van der Waals surface area contributed by atoms with Gasteiger partial charge in [-0.2, -0.15) is 0 Å². The molecule has 2 nitrogen and oxygen atoms in total. The van der Waals surface area contributed by atoms with E-state index in [1.165, 1.54) is 29.1 Å². The van der Waals surface area contributed by atoms with Gasteiger partial charge in [0.1, 0.15) is 0 Å². The molecule has 0 N–H and O–H groups in total. The van der Waals surface area contributed by atoms with E-state index in [2.05, 4.69) is 19.1 Å². The van der Waals surface area contributed by atoms with Gasteiger partial charge in [0.15, 0.2) is 0 Å². The number of hydrogen-bond acceptors (Lipinski definition) is 2. The second kappa shape index (κ2) is 5.58. The molecule has 2 aliphatic heterocycles. The van der Waals surface area contributed by atoms with Gasteiger partial charge in [-0.3, -0.25) is 4.79 Å². The first kappa shape index (κ1) is 13.0. The Morgan fingerprint density at radius 1 is 1.37 bits per heavy atom. The second-order valence-corrected chi connectivity index (χ2v) is 6.91. The van der Waals surface area contributed by atoms with Crippen molar-refractivity contribution in [3.8, 4) is 0 Å². The molecule has 0 radical (unpaired) electrons. The third kappa shape index (κ3) is 2.81. The van der Waals surface area contributed by atoms with Crippen molar-refractivity contribution in [1.82, 2.24) is 4.90 Å². The molecular formula is C16H21NOS. The minimum Gasteiger partial charge on any atom is -0.338 e. The number of benzene rings is 1. The molecule has 0 bridgehead atoms. The molecule has 102 valence electrons. The van der Waals surface area contributed by atoms with Gasteiger partial charge in [-0.15, -0.1) is 11.8 Å². The molecular weight excluding hydrogens is 254 g/mol. The molecule has 3 heteroatoms. The molecule has 3 rings (SSSR count). The molecule has 1 unspecified atom stereocenters. The fraction of sp³-hybridized carbons (Fsp3) is 0.562. The quantitative estimate of drug-likeness (QED) is 0.780. The van der Waals surface area contributed by atoms with Crippen molar-refractivity contribution in [1.29, 1.82) is 0 Å². The first-order valence-corrected chi connectivity index (χ1v) is 8.27. The highest BCUT2D eigenvalue weighted by molar-refractivity contribution is 7.99. The highest BCUT2D eigenvalue weighted by Crippen LogP contribution is 2.31. The van der Waals surface area contributed by atoms with E-state index in [0.29, 0.717) is 5.92 Å². The van der Waals surface area contributed by atoms with E-state index in [9.17, 15) is 4.79 Å². The molecule has 1 amide bonds. The normalized spacial score (nSPS) is 23.0. The summed E-state index contributed by atoms with van der Waals surface area (Å²) >= 11 is 1.92. The van der Waals surface area contributed by atoms with Crippen molar-refractivity contribution in [3.05, 3.63) is 29.3 Å². The summed E-state index contributed by atoms with van der Waals surface area (Å²) in [6, 6.07) is 6.28. The molecule has 1 aromatic rings. The van der Waals surface area contributed by atoms with Gasteiger partial charge in [0.25, 0.3) is 5.91 Å². The summed E-state index contributed by atoms with van der Waals surface area (Å²) in [7, 11) is 0. The van der Waals surface area contributed by atoms with Crippen LogP contribution >= 0.6 is 11.8 Å². The summed E-state index contributed by atoms with van der Waals surface area (Å²) in [5, 5.41) is 0. The van der Waals surface area contributed by atoms with E-state index < -0.39 is 0 Å². The Kier molecular flexibility index (Phi) is 3.83. The van der Waals surface area contributed by atoms with Gasteiger partial charge < -0.3 is 4.90 Å². The lowest BCUT2D eigenvalue weighted by Gasteiger charge is -2.31. The maximum atomic E-state index is 12.6. The average molecular weight is 275 g/mol. The van der Waals surface area contributed by atoms with Gasteiger partial charge in [-0.1, -0.05) is 6.92 Å². The van der Waals surface area contributed by atoms with Crippen molar-refractivity contribution < 1.29 is 4.79 Å². The number of hydrogen-bond donors (Lipinski definition) is 0. The lowest BCUT2D eigenvalue weighted by atomic mass is 9.99. The number of piperidine rings is 1. The van der Waals surface area contributed by atoms with Crippen LogP contribution in [-0.2, 0) is 6.42 Å². The minimum atomic E-state index is 0.227. The molecule has 0 aliphatic carbocycles. The predicted molar refractivity (Wildman–Crippen MR) is 79.8 cm³/mol. The summed E-state index contributed by atoms with van der Waals surface area (Å²) in [6.07, 6.45) is 4.76. The molecule has 1 fully saturated rings. The minimum absolute atomic E-state index is 0.227. The fourth-order valence-corrected chi connectivity index (χ4v) is 4.07. The Bertz CT molecular complexity index is 486. The monoisotopic (exact) mass is 275 g/mol. The number of fused-ring (bicyclic) bond motifs is 1. The van der Waals surface area contributed by atoms with Crippen molar-refractivity contribution in [3.63, 3.8) is 0 Å². The zero-order valence-corrected chi connectivity index (χ0v) is 12.3. The van der Waals surface area contributed by atoms with Crippen LogP contribution in [0.25, 0.3) is 0 Å². The first-order chi connectivity index (χ1) is 9.24. The van der Waals surface area contributed by atoms with E-state index in [4.69, 9.17) is 0 Å². The molecule has 0 spiro atoms. The van der Waals surface area contributed by atoms with E-state index in [1.807, 2.05) is 22.7 Å². The molecule has 1 saturated heterocycles. The summed E-state index contributed by atoms with van der Waals surface area (Å²) in [4.78, 5) is 16.0. The van der Waals surface area contributed by atoms with E-state index in [-0.39, 0.29) is 5.91 Å². The average Bonchev–Trinajstić information content (AvgIpc) is 2.46. The largest absolute Gasteiger partial charge is 0.338 e. The third-order valence-corrected chi connectivity index (χ3v) is 5.30. The van der Waals surface area contributed by atoms with Gasteiger partial charge >= 0.3 is 0 Å². The fourth-order valence-electron chi connectivity index (χ4n) is 3.05. The van der Waals surface area contributed by atoms with Gasteiger partial charge in [-0.05, 0) is 61.1 Å². The van der Waals surface area contributed by atoms with Crippen LogP contribution < -0.4 is 0 Å². The third-order valence-electron chi connectivity index (χ3n) is 4.10. The Morgan fingerprint density at radius 2 is 2.26 bits per heavy atom.